The first-order valence-electron chi connectivity index (χ1n) is 10.4. The molecule has 0 bridgehead atoms. The number of rotatable bonds is 5. The molecule has 1 aromatic carbocycles. The van der Waals surface area contributed by atoms with E-state index in [1.54, 1.807) is 18.2 Å². The van der Waals surface area contributed by atoms with Crippen LogP contribution in [0.3, 0.4) is 0 Å². The normalized spacial score (nSPS) is 16.6. The predicted octanol–water partition coefficient (Wildman–Crippen LogP) is 3.85. The van der Waals surface area contributed by atoms with Gasteiger partial charge < -0.3 is 20.5 Å². The number of carbonyl (C=O) groups is 1. The lowest BCUT2D eigenvalue weighted by Gasteiger charge is -2.24. The van der Waals surface area contributed by atoms with Gasteiger partial charge in [0.15, 0.2) is 0 Å². The van der Waals surface area contributed by atoms with Gasteiger partial charge in [-0.1, -0.05) is 0 Å². The second kappa shape index (κ2) is 8.60. The van der Waals surface area contributed by atoms with Crippen LogP contribution >= 0.6 is 0 Å². The van der Waals surface area contributed by atoms with Gasteiger partial charge in [-0.2, -0.15) is 13.2 Å². The fourth-order valence-electron chi connectivity index (χ4n) is 4.00. The van der Waals surface area contributed by atoms with Crippen LogP contribution in [0.25, 0.3) is 10.9 Å². The maximum atomic E-state index is 13.3. The number of benzene rings is 1. The number of nitrogens with zero attached hydrogens (tertiary/aromatic N) is 3. The SMILES string of the molecule is CC(O)CN(Cc1ccc(C(F)(F)F)cn1)C(=O)c1ccc2nc(N)c3c(c2c1)CO[C@H]3C. The Morgan fingerprint density at radius 2 is 2.09 bits per heavy atom. The van der Waals surface area contributed by atoms with E-state index in [0.29, 0.717) is 23.5 Å². The lowest BCUT2D eigenvalue weighted by molar-refractivity contribution is -0.137. The molecule has 4 rings (SSSR count). The van der Waals surface area contributed by atoms with Crippen molar-refractivity contribution in [1.29, 1.82) is 0 Å². The Hall–Kier alpha value is -3.24. The monoisotopic (exact) mass is 460 g/mol. The van der Waals surface area contributed by atoms with E-state index in [1.807, 2.05) is 6.92 Å². The number of aromatic nitrogens is 2. The first kappa shape index (κ1) is 22.9. The van der Waals surface area contributed by atoms with Crippen molar-refractivity contribution in [3.63, 3.8) is 0 Å². The molecule has 1 aliphatic heterocycles. The fourth-order valence-corrected chi connectivity index (χ4v) is 4.00. The predicted molar refractivity (Wildman–Crippen MR) is 115 cm³/mol. The van der Waals surface area contributed by atoms with Gasteiger partial charge in [-0.15, -0.1) is 0 Å². The van der Waals surface area contributed by atoms with Crippen molar-refractivity contribution in [2.24, 2.45) is 0 Å². The van der Waals surface area contributed by atoms with Crippen LogP contribution in [0.15, 0.2) is 36.5 Å². The molecule has 174 valence electrons. The number of aliphatic hydroxyl groups is 1. The average Bonchev–Trinajstić information content (AvgIpc) is 3.14. The number of carbonyl (C=O) groups excluding carboxylic acids is 1. The van der Waals surface area contributed by atoms with Gasteiger partial charge in [0.05, 0.1) is 42.1 Å². The first-order valence-corrected chi connectivity index (χ1v) is 10.4. The molecule has 0 saturated heterocycles. The molecule has 1 unspecified atom stereocenters. The van der Waals surface area contributed by atoms with Crippen molar-refractivity contribution in [3.8, 4) is 0 Å². The van der Waals surface area contributed by atoms with Crippen molar-refractivity contribution in [3.05, 3.63) is 64.5 Å². The topological polar surface area (TPSA) is 102 Å². The van der Waals surface area contributed by atoms with E-state index in [9.17, 15) is 23.1 Å². The van der Waals surface area contributed by atoms with Gasteiger partial charge in [0.25, 0.3) is 5.91 Å². The Morgan fingerprint density at radius 3 is 2.73 bits per heavy atom. The van der Waals surface area contributed by atoms with Gasteiger partial charge in [0, 0.05) is 29.3 Å². The van der Waals surface area contributed by atoms with Gasteiger partial charge in [-0.05, 0) is 49.7 Å². The molecule has 2 atom stereocenters. The zero-order chi connectivity index (χ0) is 23.9. The number of alkyl halides is 3. The van der Waals surface area contributed by atoms with Crippen molar-refractivity contribution in [1.82, 2.24) is 14.9 Å². The molecule has 0 fully saturated rings. The third kappa shape index (κ3) is 4.62. The highest BCUT2D eigenvalue weighted by Gasteiger charge is 2.31. The van der Waals surface area contributed by atoms with Gasteiger partial charge in [-0.3, -0.25) is 9.78 Å². The molecule has 3 N–H and O–H groups in total. The van der Waals surface area contributed by atoms with Crippen LogP contribution in [-0.4, -0.2) is 38.5 Å². The fraction of sp³-hybridized carbons (Fsp3) is 0.348. The number of amides is 1. The number of pyridine rings is 2. The Bertz CT molecular complexity index is 1200. The first-order chi connectivity index (χ1) is 15.5. The van der Waals surface area contributed by atoms with Crippen LogP contribution in [0.2, 0.25) is 0 Å². The minimum atomic E-state index is -4.50. The molecule has 0 radical (unpaired) electrons. The quantitative estimate of drug-likeness (QED) is 0.600. The summed E-state index contributed by atoms with van der Waals surface area (Å²) in [5.74, 6) is 0.00252. The van der Waals surface area contributed by atoms with Crippen LogP contribution in [0.5, 0.6) is 0 Å². The van der Waals surface area contributed by atoms with Gasteiger partial charge >= 0.3 is 6.18 Å². The minimum Gasteiger partial charge on any atom is -0.392 e. The Morgan fingerprint density at radius 1 is 1.33 bits per heavy atom. The number of anilines is 1. The second-order valence-electron chi connectivity index (χ2n) is 8.15. The molecule has 7 nitrogen and oxygen atoms in total. The zero-order valence-electron chi connectivity index (χ0n) is 18.1. The van der Waals surface area contributed by atoms with E-state index >= 15 is 0 Å². The summed E-state index contributed by atoms with van der Waals surface area (Å²) in [6, 6.07) is 7.16. The van der Waals surface area contributed by atoms with E-state index in [2.05, 4.69) is 9.97 Å². The van der Waals surface area contributed by atoms with Crippen LogP contribution in [0.1, 0.15) is 52.7 Å². The molecule has 33 heavy (non-hydrogen) atoms. The Kier molecular flexibility index (Phi) is 5.98. The van der Waals surface area contributed by atoms with Crippen LogP contribution < -0.4 is 5.73 Å². The molecular formula is C23H23F3N4O3. The molecule has 0 saturated carbocycles. The van der Waals surface area contributed by atoms with E-state index in [1.165, 1.54) is 17.9 Å². The van der Waals surface area contributed by atoms with Crippen molar-refractivity contribution >= 4 is 22.6 Å². The molecule has 10 heteroatoms. The van der Waals surface area contributed by atoms with E-state index < -0.39 is 23.8 Å². The number of nitrogens with two attached hydrogens (primary N) is 1. The standard InChI is InChI=1S/C23H23F3N4O3/c1-12(31)9-30(10-16-5-4-15(8-28-16)23(24,25)26)22(32)14-3-6-19-17(7-14)18-11-33-13(2)20(18)21(27)29-19/h3-8,12-13,31H,9-11H2,1-2H3,(H2,27,29)/t12?,13-/m0/s1. The third-order valence-electron chi connectivity index (χ3n) is 5.57. The second-order valence-corrected chi connectivity index (χ2v) is 8.15. The number of halogens is 3. The van der Waals surface area contributed by atoms with E-state index in [4.69, 9.17) is 10.5 Å². The summed E-state index contributed by atoms with van der Waals surface area (Å²) in [7, 11) is 0. The van der Waals surface area contributed by atoms with Gasteiger partial charge in [0.2, 0.25) is 0 Å². The molecule has 2 aromatic heterocycles. The number of fused-ring (bicyclic) bond motifs is 3. The van der Waals surface area contributed by atoms with E-state index in [0.717, 1.165) is 28.8 Å². The highest BCUT2D eigenvalue weighted by molar-refractivity contribution is 5.99. The lowest BCUT2D eigenvalue weighted by Crippen LogP contribution is -2.36. The largest absolute Gasteiger partial charge is 0.417 e. The number of aliphatic hydroxyl groups excluding tert-OH is 1. The number of nitrogen functional groups attached to an aromatic ring is 1. The molecular weight excluding hydrogens is 437 g/mol. The van der Waals surface area contributed by atoms with Crippen molar-refractivity contribution in [2.45, 2.75) is 45.4 Å². The molecule has 3 aromatic rings. The van der Waals surface area contributed by atoms with Crippen LogP contribution in [0, 0.1) is 0 Å². The smallest absolute Gasteiger partial charge is 0.392 e. The summed E-state index contributed by atoms with van der Waals surface area (Å²) >= 11 is 0. The third-order valence-corrected chi connectivity index (χ3v) is 5.57. The Balaban J connectivity index is 1.66. The Labute approximate surface area is 188 Å². The van der Waals surface area contributed by atoms with Gasteiger partial charge in [-0.25, -0.2) is 4.98 Å². The van der Waals surface area contributed by atoms with Crippen molar-refractivity contribution in [2.75, 3.05) is 12.3 Å². The molecule has 0 spiro atoms. The zero-order valence-corrected chi connectivity index (χ0v) is 18.1. The summed E-state index contributed by atoms with van der Waals surface area (Å²) in [5.41, 5.74) is 8.16. The van der Waals surface area contributed by atoms with Gasteiger partial charge in [0.1, 0.15) is 5.82 Å². The number of hydrogen-bond acceptors (Lipinski definition) is 6. The summed E-state index contributed by atoms with van der Waals surface area (Å²) in [6.07, 6.45) is -4.81. The number of hydrogen-bond donors (Lipinski definition) is 2. The average molecular weight is 460 g/mol. The molecule has 1 amide bonds. The molecule has 0 aliphatic carbocycles. The number of ether oxygens (including phenoxy) is 1. The maximum Gasteiger partial charge on any atom is 0.417 e. The van der Waals surface area contributed by atoms with Crippen molar-refractivity contribution < 1.29 is 27.8 Å². The lowest BCUT2D eigenvalue weighted by atomic mass is 10.00. The summed E-state index contributed by atoms with van der Waals surface area (Å²) in [5, 5.41) is 10.7. The summed E-state index contributed by atoms with van der Waals surface area (Å²) in [6.45, 7) is 3.69. The van der Waals surface area contributed by atoms with Crippen LogP contribution in [-0.2, 0) is 24.1 Å². The minimum absolute atomic E-state index is 0.0161. The summed E-state index contributed by atoms with van der Waals surface area (Å²) in [4.78, 5) is 22.9. The molecule has 3 heterocycles. The van der Waals surface area contributed by atoms with Crippen LogP contribution in [0.4, 0.5) is 19.0 Å². The van der Waals surface area contributed by atoms with E-state index in [-0.39, 0.29) is 24.9 Å². The highest BCUT2D eigenvalue weighted by atomic mass is 19.4. The highest BCUT2D eigenvalue weighted by Crippen LogP contribution is 2.38. The maximum absolute atomic E-state index is 13.3. The molecule has 1 aliphatic rings. The summed E-state index contributed by atoms with van der Waals surface area (Å²) < 4.78 is 44.1.